The highest BCUT2D eigenvalue weighted by molar-refractivity contribution is 6.30. The quantitative estimate of drug-likeness (QED) is 0.740. The van der Waals surface area contributed by atoms with Gasteiger partial charge in [-0.05, 0) is 24.3 Å². The van der Waals surface area contributed by atoms with Crippen LogP contribution in [0.2, 0.25) is 10.2 Å². The van der Waals surface area contributed by atoms with E-state index in [2.05, 4.69) is 15.1 Å². The van der Waals surface area contributed by atoms with Gasteiger partial charge in [-0.2, -0.15) is 4.68 Å². The predicted octanol–water partition coefficient (Wildman–Crippen LogP) is 2.93. The number of nitrogens with zero attached hydrogens (tertiary/aromatic N) is 3. The molecule has 0 amide bonds. The lowest BCUT2D eigenvalue weighted by atomic mass is 10.2. The molecule has 100 valence electrons. The average molecular weight is 307 g/mol. The van der Waals surface area contributed by atoms with Crippen LogP contribution >= 0.6 is 23.2 Å². The molecule has 0 saturated carbocycles. The van der Waals surface area contributed by atoms with Crippen molar-refractivity contribution in [3.8, 4) is 17.1 Å². The van der Waals surface area contributed by atoms with Crippen molar-refractivity contribution in [3.05, 3.63) is 63.3 Å². The molecule has 1 aromatic carbocycles. The number of aromatic amines is 1. The van der Waals surface area contributed by atoms with E-state index < -0.39 is 0 Å². The molecule has 20 heavy (non-hydrogen) atoms. The van der Waals surface area contributed by atoms with Crippen LogP contribution in [0.1, 0.15) is 0 Å². The molecule has 2 heterocycles. The molecule has 5 nitrogen and oxygen atoms in total. The second kappa shape index (κ2) is 5.11. The van der Waals surface area contributed by atoms with Crippen LogP contribution in [0.25, 0.3) is 17.1 Å². The first-order chi connectivity index (χ1) is 9.63. The van der Waals surface area contributed by atoms with Crippen LogP contribution in [0.4, 0.5) is 0 Å². The highest BCUT2D eigenvalue weighted by Crippen LogP contribution is 2.18. The van der Waals surface area contributed by atoms with Gasteiger partial charge in [0, 0.05) is 10.6 Å². The van der Waals surface area contributed by atoms with Crippen LogP contribution in [0.3, 0.4) is 0 Å². The van der Waals surface area contributed by atoms with Gasteiger partial charge in [0.1, 0.15) is 5.15 Å². The summed E-state index contributed by atoms with van der Waals surface area (Å²) in [6.07, 6.45) is 1.48. The Hall–Kier alpha value is -2.11. The fourth-order valence-corrected chi connectivity index (χ4v) is 2.06. The van der Waals surface area contributed by atoms with Crippen molar-refractivity contribution in [2.24, 2.45) is 0 Å². The Morgan fingerprint density at radius 1 is 1.15 bits per heavy atom. The summed E-state index contributed by atoms with van der Waals surface area (Å²) in [6.45, 7) is 0. The van der Waals surface area contributed by atoms with Crippen LogP contribution < -0.4 is 5.69 Å². The van der Waals surface area contributed by atoms with E-state index in [0.29, 0.717) is 21.7 Å². The van der Waals surface area contributed by atoms with Gasteiger partial charge in [0.25, 0.3) is 0 Å². The van der Waals surface area contributed by atoms with Crippen LogP contribution in [-0.2, 0) is 0 Å². The molecule has 2 aromatic heterocycles. The third-order valence-electron chi connectivity index (χ3n) is 2.67. The Bertz CT molecular complexity index is 808. The molecule has 0 bridgehead atoms. The van der Waals surface area contributed by atoms with Crippen molar-refractivity contribution in [1.82, 2.24) is 19.7 Å². The van der Waals surface area contributed by atoms with Crippen molar-refractivity contribution < 1.29 is 0 Å². The van der Waals surface area contributed by atoms with Crippen molar-refractivity contribution >= 4 is 23.2 Å². The minimum Gasteiger partial charge on any atom is -0.288 e. The summed E-state index contributed by atoms with van der Waals surface area (Å²) >= 11 is 11.6. The lowest BCUT2D eigenvalue weighted by molar-refractivity contribution is 0.839. The van der Waals surface area contributed by atoms with Crippen LogP contribution in [0.5, 0.6) is 0 Å². The molecule has 0 aliphatic heterocycles. The second-order valence-corrected chi connectivity index (χ2v) is 4.86. The summed E-state index contributed by atoms with van der Waals surface area (Å²) in [5.41, 5.74) is 0.906. The number of hydrogen-bond donors (Lipinski definition) is 1. The summed E-state index contributed by atoms with van der Waals surface area (Å²) in [5, 5.41) is 5.16. The molecule has 3 rings (SSSR count). The molecule has 0 radical (unpaired) electrons. The van der Waals surface area contributed by atoms with Gasteiger partial charge in [0.05, 0.1) is 11.9 Å². The van der Waals surface area contributed by atoms with E-state index in [1.807, 2.05) is 6.07 Å². The van der Waals surface area contributed by atoms with E-state index >= 15 is 0 Å². The fourth-order valence-electron chi connectivity index (χ4n) is 1.76. The normalized spacial score (nSPS) is 10.7. The Labute approximate surface area is 123 Å². The third-order valence-corrected chi connectivity index (χ3v) is 3.13. The van der Waals surface area contributed by atoms with E-state index in [9.17, 15) is 4.79 Å². The molecule has 1 N–H and O–H groups in total. The van der Waals surface area contributed by atoms with Crippen molar-refractivity contribution in [1.29, 1.82) is 0 Å². The summed E-state index contributed by atoms with van der Waals surface area (Å²) in [7, 11) is 0. The van der Waals surface area contributed by atoms with Gasteiger partial charge < -0.3 is 0 Å². The highest BCUT2D eigenvalue weighted by atomic mass is 35.5. The Morgan fingerprint density at radius 2 is 2.00 bits per heavy atom. The van der Waals surface area contributed by atoms with E-state index in [1.165, 1.54) is 10.9 Å². The van der Waals surface area contributed by atoms with E-state index in [-0.39, 0.29) is 5.69 Å². The van der Waals surface area contributed by atoms with Gasteiger partial charge in [-0.1, -0.05) is 35.3 Å². The molecule has 0 spiro atoms. The molecule has 0 unspecified atom stereocenters. The predicted molar refractivity (Wildman–Crippen MR) is 77.4 cm³/mol. The maximum atomic E-state index is 11.9. The van der Waals surface area contributed by atoms with Gasteiger partial charge in [-0.3, -0.25) is 4.98 Å². The Morgan fingerprint density at radius 3 is 2.70 bits per heavy atom. The topological polar surface area (TPSA) is 63.6 Å². The zero-order valence-electron chi connectivity index (χ0n) is 10.0. The fraction of sp³-hybridized carbons (Fsp3) is 0. The zero-order chi connectivity index (χ0) is 14.1. The maximum Gasteiger partial charge on any atom is 0.348 e. The van der Waals surface area contributed by atoms with Gasteiger partial charge in [0.15, 0.2) is 5.82 Å². The van der Waals surface area contributed by atoms with Crippen molar-refractivity contribution in [3.63, 3.8) is 0 Å². The number of hydrogen-bond acceptors (Lipinski definition) is 3. The first kappa shape index (κ1) is 12.9. The standard InChI is InChI=1S/C13H8Cl2N4O/c14-9-3-1-2-8(6-9)12-17-13(20)19(18-12)10-4-5-11(15)16-7-10/h1-7H,(H,17,18,20). The number of benzene rings is 1. The zero-order valence-corrected chi connectivity index (χ0v) is 11.6. The van der Waals surface area contributed by atoms with Gasteiger partial charge in [0.2, 0.25) is 0 Å². The van der Waals surface area contributed by atoms with Gasteiger partial charge >= 0.3 is 5.69 Å². The molecule has 0 aliphatic carbocycles. The second-order valence-electron chi connectivity index (χ2n) is 4.04. The lowest BCUT2D eigenvalue weighted by Gasteiger charge is -1.98. The van der Waals surface area contributed by atoms with Gasteiger partial charge in [-0.15, -0.1) is 5.10 Å². The number of nitrogens with one attached hydrogen (secondary N) is 1. The number of rotatable bonds is 2. The van der Waals surface area contributed by atoms with E-state index in [1.54, 1.807) is 30.3 Å². The largest absolute Gasteiger partial charge is 0.348 e. The van der Waals surface area contributed by atoms with Crippen LogP contribution in [0.15, 0.2) is 47.4 Å². The number of aromatic nitrogens is 4. The monoisotopic (exact) mass is 306 g/mol. The first-order valence-corrected chi connectivity index (χ1v) is 6.46. The molecule has 0 aliphatic rings. The SMILES string of the molecule is O=c1[nH]c(-c2cccc(Cl)c2)nn1-c1ccc(Cl)nc1. The van der Waals surface area contributed by atoms with E-state index in [0.717, 1.165) is 5.56 Å². The summed E-state index contributed by atoms with van der Waals surface area (Å²) < 4.78 is 1.22. The summed E-state index contributed by atoms with van der Waals surface area (Å²) in [6, 6.07) is 10.3. The Kier molecular flexibility index (Phi) is 3.30. The maximum absolute atomic E-state index is 11.9. The molecular weight excluding hydrogens is 299 g/mol. The number of halogens is 2. The Balaban J connectivity index is 2.07. The van der Waals surface area contributed by atoms with Crippen molar-refractivity contribution in [2.75, 3.05) is 0 Å². The third kappa shape index (κ3) is 2.45. The van der Waals surface area contributed by atoms with Gasteiger partial charge in [-0.25, -0.2) is 9.78 Å². The van der Waals surface area contributed by atoms with E-state index in [4.69, 9.17) is 23.2 Å². The minimum absolute atomic E-state index is 0.354. The minimum atomic E-state index is -0.357. The van der Waals surface area contributed by atoms with Crippen LogP contribution in [0, 0.1) is 0 Å². The lowest BCUT2D eigenvalue weighted by Crippen LogP contribution is -2.15. The highest BCUT2D eigenvalue weighted by Gasteiger charge is 2.09. The smallest absolute Gasteiger partial charge is 0.288 e. The van der Waals surface area contributed by atoms with Crippen LogP contribution in [-0.4, -0.2) is 19.7 Å². The molecule has 3 aromatic rings. The molecular formula is C13H8Cl2N4O. The summed E-state index contributed by atoms with van der Waals surface area (Å²) in [4.78, 5) is 18.5. The molecule has 0 saturated heterocycles. The molecule has 0 atom stereocenters. The molecule has 7 heteroatoms. The number of H-pyrrole nitrogens is 1. The summed E-state index contributed by atoms with van der Waals surface area (Å²) in [5.74, 6) is 0.437. The molecule has 0 fully saturated rings. The van der Waals surface area contributed by atoms with Crippen molar-refractivity contribution in [2.45, 2.75) is 0 Å². The number of pyridine rings is 1. The average Bonchev–Trinajstić information content (AvgIpc) is 2.82. The first-order valence-electron chi connectivity index (χ1n) is 5.71.